The van der Waals surface area contributed by atoms with Crippen LogP contribution in [0.4, 0.5) is 17.6 Å². The summed E-state index contributed by atoms with van der Waals surface area (Å²) in [6.45, 7) is 2.08. The van der Waals surface area contributed by atoms with Gasteiger partial charge in [0.05, 0.1) is 0 Å². The third-order valence-electron chi connectivity index (χ3n) is 5.03. The van der Waals surface area contributed by atoms with Crippen LogP contribution in [0.1, 0.15) is 24.5 Å². The molecule has 1 aliphatic rings. The van der Waals surface area contributed by atoms with Gasteiger partial charge >= 0.3 is 6.18 Å². The summed E-state index contributed by atoms with van der Waals surface area (Å²) in [5, 5.41) is 0. The molecule has 0 N–H and O–H groups in total. The Bertz CT molecular complexity index is 1010. The molecule has 2 heterocycles. The van der Waals surface area contributed by atoms with Crippen LogP contribution in [0, 0.1) is 5.82 Å². The van der Waals surface area contributed by atoms with Crippen LogP contribution in [-0.2, 0) is 12.8 Å². The van der Waals surface area contributed by atoms with Crippen LogP contribution in [-0.4, -0.2) is 22.2 Å². The summed E-state index contributed by atoms with van der Waals surface area (Å²) in [5.41, 5.74) is 3.82. The number of nitrogens with zero attached hydrogens (tertiary/aromatic N) is 2. The highest BCUT2D eigenvalue weighted by molar-refractivity contribution is 5.65. The Morgan fingerprint density at radius 2 is 1.69 bits per heavy atom. The lowest BCUT2D eigenvalue weighted by atomic mass is 9.99. The lowest BCUT2D eigenvalue weighted by Crippen LogP contribution is -2.37. The summed E-state index contributed by atoms with van der Waals surface area (Å²) in [5.74, 6) is -0.872. The maximum atomic E-state index is 14.4. The normalized spacial score (nSPS) is 16.2. The molecule has 0 saturated carbocycles. The molecule has 1 aromatic heterocycles. The Morgan fingerprint density at radius 1 is 1.00 bits per heavy atom. The van der Waals surface area contributed by atoms with E-state index >= 15 is 0 Å². The molecular formula is C22H18F4N2O. The highest BCUT2D eigenvalue weighted by Gasteiger charge is 2.44. The molecule has 3 aromatic rings. The van der Waals surface area contributed by atoms with E-state index in [1.807, 2.05) is 24.3 Å². The second-order valence-electron chi connectivity index (χ2n) is 6.98. The predicted octanol–water partition coefficient (Wildman–Crippen LogP) is 5.77. The fourth-order valence-corrected chi connectivity index (χ4v) is 3.37. The number of hydrogen-bond acceptors (Lipinski definition) is 3. The highest BCUT2D eigenvalue weighted by Crippen LogP contribution is 2.38. The molecule has 1 atom stereocenters. The Balaban J connectivity index is 1.60. The second kappa shape index (κ2) is 7.46. The van der Waals surface area contributed by atoms with Gasteiger partial charge < -0.3 is 4.74 Å². The molecule has 0 radical (unpaired) electrons. The second-order valence-corrected chi connectivity index (χ2v) is 6.98. The summed E-state index contributed by atoms with van der Waals surface area (Å²) in [7, 11) is 0. The van der Waals surface area contributed by atoms with E-state index in [9.17, 15) is 17.6 Å². The third-order valence-corrected chi connectivity index (χ3v) is 5.03. The average Bonchev–Trinajstić information content (AvgIpc) is 2.73. The van der Waals surface area contributed by atoms with Crippen molar-refractivity contribution in [3.63, 3.8) is 0 Å². The number of fused-ring (bicyclic) bond motifs is 1. The van der Waals surface area contributed by atoms with Crippen molar-refractivity contribution in [2.75, 3.05) is 0 Å². The van der Waals surface area contributed by atoms with Crippen LogP contribution in [0.5, 0.6) is 5.75 Å². The number of ether oxygens (including phenoxy) is 1. The maximum Gasteiger partial charge on any atom is 0.425 e. The van der Waals surface area contributed by atoms with Gasteiger partial charge in [0.15, 0.2) is 23.5 Å². The van der Waals surface area contributed by atoms with E-state index in [1.54, 1.807) is 18.5 Å². The zero-order valence-corrected chi connectivity index (χ0v) is 15.6. The fraction of sp³-hybridized carbons (Fsp3) is 0.273. The van der Waals surface area contributed by atoms with Gasteiger partial charge in [-0.25, -0.2) is 14.4 Å². The lowest BCUT2D eigenvalue weighted by molar-refractivity contribution is -0.199. The van der Waals surface area contributed by atoms with E-state index in [-0.39, 0.29) is 18.6 Å². The monoisotopic (exact) mass is 402 g/mol. The van der Waals surface area contributed by atoms with Crippen LogP contribution in [0.15, 0.2) is 48.8 Å². The molecular weight excluding hydrogens is 384 g/mol. The lowest BCUT2D eigenvalue weighted by Gasteiger charge is -2.28. The van der Waals surface area contributed by atoms with Crippen molar-refractivity contribution >= 4 is 0 Å². The molecule has 150 valence electrons. The Labute approximate surface area is 165 Å². The Morgan fingerprint density at radius 3 is 2.31 bits per heavy atom. The first-order valence-corrected chi connectivity index (χ1v) is 9.32. The first kappa shape index (κ1) is 19.4. The minimum absolute atomic E-state index is 0.0755. The van der Waals surface area contributed by atoms with Gasteiger partial charge in [-0.2, -0.15) is 13.2 Å². The van der Waals surface area contributed by atoms with Crippen LogP contribution in [0.25, 0.3) is 22.5 Å². The van der Waals surface area contributed by atoms with Crippen LogP contribution < -0.4 is 4.74 Å². The molecule has 0 aliphatic carbocycles. The van der Waals surface area contributed by atoms with E-state index in [2.05, 4.69) is 16.9 Å². The van der Waals surface area contributed by atoms with E-state index in [4.69, 9.17) is 4.74 Å². The van der Waals surface area contributed by atoms with E-state index in [1.165, 1.54) is 5.56 Å². The molecule has 3 nitrogen and oxygen atoms in total. The van der Waals surface area contributed by atoms with Gasteiger partial charge in [0.25, 0.3) is 0 Å². The molecule has 0 saturated heterocycles. The van der Waals surface area contributed by atoms with Crippen molar-refractivity contribution < 1.29 is 22.3 Å². The third kappa shape index (κ3) is 3.95. The van der Waals surface area contributed by atoms with Crippen molar-refractivity contribution in [3.05, 3.63) is 65.7 Å². The van der Waals surface area contributed by atoms with Crippen molar-refractivity contribution in [3.8, 4) is 28.3 Å². The van der Waals surface area contributed by atoms with Gasteiger partial charge in [0, 0.05) is 23.5 Å². The van der Waals surface area contributed by atoms with Crippen molar-refractivity contribution in [1.29, 1.82) is 0 Å². The molecule has 29 heavy (non-hydrogen) atoms. The van der Waals surface area contributed by atoms with Gasteiger partial charge in [-0.3, -0.25) is 0 Å². The van der Waals surface area contributed by atoms with Crippen LogP contribution >= 0.6 is 0 Å². The fourth-order valence-electron chi connectivity index (χ4n) is 3.37. The summed E-state index contributed by atoms with van der Waals surface area (Å²) >= 11 is 0. The SMILES string of the molecule is CCc1ccc(-c2cnc(-c3cc(F)c4c(c3)CCC(C(F)(F)F)O4)nc2)cc1. The van der Waals surface area contributed by atoms with Gasteiger partial charge in [-0.15, -0.1) is 0 Å². The number of benzene rings is 2. The van der Waals surface area contributed by atoms with Crippen molar-refractivity contribution in [2.45, 2.75) is 38.5 Å². The van der Waals surface area contributed by atoms with E-state index in [0.717, 1.165) is 23.6 Å². The largest absolute Gasteiger partial charge is 0.478 e. The maximum absolute atomic E-state index is 14.4. The zero-order chi connectivity index (χ0) is 20.6. The van der Waals surface area contributed by atoms with Crippen molar-refractivity contribution in [2.24, 2.45) is 0 Å². The zero-order valence-electron chi connectivity index (χ0n) is 15.6. The van der Waals surface area contributed by atoms with Crippen LogP contribution in [0.3, 0.4) is 0 Å². The minimum Gasteiger partial charge on any atom is -0.478 e. The van der Waals surface area contributed by atoms with Gasteiger partial charge in [0.1, 0.15) is 0 Å². The summed E-state index contributed by atoms with van der Waals surface area (Å²) in [4.78, 5) is 8.63. The Hall–Kier alpha value is -2.96. The number of rotatable bonds is 3. The highest BCUT2D eigenvalue weighted by atomic mass is 19.4. The standard InChI is InChI=1S/C22H18F4N2O/c1-2-13-3-5-14(6-4-13)17-11-27-21(28-12-17)16-9-15-7-8-19(22(24,25)26)29-20(15)18(23)10-16/h3-6,9-12,19H,2,7-8H2,1H3. The number of aromatic nitrogens is 2. The van der Waals surface area contributed by atoms with Gasteiger partial charge in [-0.1, -0.05) is 31.2 Å². The van der Waals surface area contributed by atoms with E-state index in [0.29, 0.717) is 17.0 Å². The molecule has 0 bridgehead atoms. The number of alkyl halides is 3. The van der Waals surface area contributed by atoms with Crippen molar-refractivity contribution in [1.82, 2.24) is 9.97 Å². The molecule has 7 heteroatoms. The molecule has 0 amide bonds. The summed E-state index contributed by atoms with van der Waals surface area (Å²) in [6.07, 6.45) is -2.42. The molecule has 1 aliphatic heterocycles. The number of halogens is 4. The molecule has 2 aromatic carbocycles. The smallest absolute Gasteiger partial charge is 0.425 e. The Kier molecular flexibility index (Phi) is 4.98. The molecule has 0 spiro atoms. The van der Waals surface area contributed by atoms with Gasteiger partial charge in [-0.05, 0) is 48.1 Å². The van der Waals surface area contributed by atoms with E-state index < -0.39 is 18.1 Å². The predicted molar refractivity (Wildman–Crippen MR) is 101 cm³/mol. The number of aryl methyl sites for hydroxylation is 2. The van der Waals surface area contributed by atoms with Gasteiger partial charge in [0.2, 0.25) is 0 Å². The molecule has 0 fully saturated rings. The first-order chi connectivity index (χ1) is 13.8. The summed E-state index contributed by atoms with van der Waals surface area (Å²) in [6, 6.07) is 10.8. The molecule has 1 unspecified atom stereocenters. The average molecular weight is 402 g/mol. The number of hydrogen-bond donors (Lipinski definition) is 0. The molecule has 4 rings (SSSR count). The topological polar surface area (TPSA) is 35.0 Å². The van der Waals surface area contributed by atoms with Crippen LogP contribution in [0.2, 0.25) is 0 Å². The quantitative estimate of drug-likeness (QED) is 0.522. The first-order valence-electron chi connectivity index (χ1n) is 9.32. The minimum atomic E-state index is -4.52. The summed E-state index contributed by atoms with van der Waals surface area (Å²) < 4.78 is 57.9.